The Morgan fingerprint density at radius 1 is 1.17 bits per heavy atom. The number of nitrogens with one attached hydrogen (secondary N) is 1. The first-order valence-electron chi connectivity index (χ1n) is 8.90. The van der Waals surface area contributed by atoms with Gasteiger partial charge in [0.15, 0.2) is 11.0 Å². The molecule has 2 aromatic heterocycles. The molecule has 29 heavy (non-hydrogen) atoms. The third-order valence-electron chi connectivity index (χ3n) is 4.06. The molecule has 0 fully saturated rings. The summed E-state index contributed by atoms with van der Waals surface area (Å²) in [7, 11) is 0. The summed E-state index contributed by atoms with van der Waals surface area (Å²) >= 11 is 21.1. The van der Waals surface area contributed by atoms with Gasteiger partial charge in [-0.25, -0.2) is 0 Å². The smallest absolute Gasteiger partial charge is 0.234 e. The highest BCUT2D eigenvalue weighted by atomic mass is 35.5. The third kappa shape index (κ3) is 5.27. The SMILES string of the molecule is CCc1cc(-c2nnc(SCC(=O)Nc3cc(Cl)c(Cl)cc3Cl)n2C(C)C)cs1. The van der Waals surface area contributed by atoms with Gasteiger partial charge in [0.2, 0.25) is 5.91 Å². The highest BCUT2D eigenvalue weighted by Gasteiger charge is 2.19. The first kappa shape index (κ1) is 22.4. The Balaban J connectivity index is 1.73. The summed E-state index contributed by atoms with van der Waals surface area (Å²) in [5.41, 5.74) is 1.47. The predicted molar refractivity (Wildman–Crippen MR) is 124 cm³/mol. The molecule has 0 radical (unpaired) electrons. The first-order valence-corrected chi connectivity index (χ1v) is 11.9. The van der Waals surface area contributed by atoms with Crippen LogP contribution in [0.1, 0.15) is 31.7 Å². The first-order chi connectivity index (χ1) is 13.8. The number of thioether (sulfide) groups is 1. The molecule has 2 heterocycles. The van der Waals surface area contributed by atoms with Gasteiger partial charge in [-0.1, -0.05) is 53.5 Å². The lowest BCUT2D eigenvalue weighted by atomic mass is 10.2. The lowest BCUT2D eigenvalue weighted by molar-refractivity contribution is -0.113. The summed E-state index contributed by atoms with van der Waals surface area (Å²) in [6, 6.07) is 5.33. The van der Waals surface area contributed by atoms with Crippen molar-refractivity contribution in [1.82, 2.24) is 14.8 Å². The monoisotopic (exact) mass is 488 g/mol. The van der Waals surface area contributed by atoms with Crippen molar-refractivity contribution in [3.63, 3.8) is 0 Å². The highest BCUT2D eigenvalue weighted by molar-refractivity contribution is 7.99. The van der Waals surface area contributed by atoms with E-state index in [4.69, 9.17) is 34.8 Å². The van der Waals surface area contributed by atoms with E-state index in [2.05, 4.69) is 47.7 Å². The fourth-order valence-corrected chi connectivity index (χ4v) is 4.93. The summed E-state index contributed by atoms with van der Waals surface area (Å²) < 4.78 is 2.05. The second kappa shape index (κ2) is 9.71. The van der Waals surface area contributed by atoms with Crippen molar-refractivity contribution < 1.29 is 4.79 Å². The molecule has 1 aromatic carbocycles. The van der Waals surface area contributed by atoms with Gasteiger partial charge in [-0.05, 0) is 38.5 Å². The zero-order valence-electron chi connectivity index (χ0n) is 16.0. The van der Waals surface area contributed by atoms with Crippen LogP contribution in [0.15, 0.2) is 28.7 Å². The van der Waals surface area contributed by atoms with E-state index < -0.39 is 0 Å². The Labute approximate surface area is 192 Å². The molecule has 0 aliphatic rings. The molecule has 3 aromatic rings. The predicted octanol–water partition coefficient (Wildman–Crippen LogP) is 6.84. The number of rotatable bonds is 7. The Morgan fingerprint density at radius 2 is 1.90 bits per heavy atom. The minimum atomic E-state index is -0.223. The number of hydrogen-bond acceptors (Lipinski definition) is 5. The molecule has 154 valence electrons. The van der Waals surface area contributed by atoms with Crippen LogP contribution in [-0.4, -0.2) is 26.4 Å². The molecule has 0 spiro atoms. The van der Waals surface area contributed by atoms with E-state index in [0.29, 0.717) is 25.9 Å². The molecule has 5 nitrogen and oxygen atoms in total. The minimum Gasteiger partial charge on any atom is -0.324 e. The molecule has 0 aliphatic carbocycles. The van der Waals surface area contributed by atoms with Crippen LogP contribution in [0.5, 0.6) is 0 Å². The number of benzene rings is 1. The molecule has 0 bridgehead atoms. The van der Waals surface area contributed by atoms with Crippen molar-refractivity contribution in [1.29, 1.82) is 0 Å². The van der Waals surface area contributed by atoms with Crippen molar-refractivity contribution >= 4 is 69.5 Å². The zero-order valence-corrected chi connectivity index (χ0v) is 19.9. The van der Waals surface area contributed by atoms with E-state index >= 15 is 0 Å². The summed E-state index contributed by atoms with van der Waals surface area (Å²) in [5, 5.41) is 15.2. The van der Waals surface area contributed by atoms with E-state index in [-0.39, 0.29) is 17.7 Å². The van der Waals surface area contributed by atoms with E-state index in [1.165, 1.54) is 28.8 Å². The van der Waals surface area contributed by atoms with Crippen LogP contribution < -0.4 is 5.32 Å². The molecule has 0 aliphatic heterocycles. The highest BCUT2D eigenvalue weighted by Crippen LogP contribution is 2.33. The van der Waals surface area contributed by atoms with Crippen LogP contribution in [0.3, 0.4) is 0 Å². The van der Waals surface area contributed by atoms with Crippen molar-refractivity contribution in [2.24, 2.45) is 0 Å². The zero-order chi connectivity index (χ0) is 21.1. The van der Waals surface area contributed by atoms with Gasteiger partial charge in [0.25, 0.3) is 0 Å². The van der Waals surface area contributed by atoms with Crippen molar-refractivity contribution in [2.75, 3.05) is 11.1 Å². The van der Waals surface area contributed by atoms with Crippen LogP contribution in [-0.2, 0) is 11.2 Å². The number of halogens is 3. The fourth-order valence-electron chi connectivity index (χ4n) is 2.66. The Morgan fingerprint density at radius 3 is 2.55 bits per heavy atom. The van der Waals surface area contributed by atoms with E-state index in [1.807, 2.05) is 4.57 Å². The maximum absolute atomic E-state index is 12.4. The molecule has 1 amide bonds. The van der Waals surface area contributed by atoms with Gasteiger partial charge in [0, 0.05) is 21.9 Å². The Bertz CT molecular complexity index is 1030. The van der Waals surface area contributed by atoms with Gasteiger partial charge in [-0.15, -0.1) is 21.5 Å². The van der Waals surface area contributed by atoms with E-state index in [1.54, 1.807) is 11.3 Å². The lowest BCUT2D eigenvalue weighted by Gasteiger charge is -2.13. The van der Waals surface area contributed by atoms with Crippen LogP contribution in [0.2, 0.25) is 15.1 Å². The number of carbonyl (C=O) groups is 1. The maximum Gasteiger partial charge on any atom is 0.234 e. The number of nitrogens with zero attached hydrogens (tertiary/aromatic N) is 3. The van der Waals surface area contributed by atoms with Crippen molar-refractivity contribution in [2.45, 2.75) is 38.4 Å². The van der Waals surface area contributed by atoms with Gasteiger partial charge in [0.05, 0.1) is 26.5 Å². The quantitative estimate of drug-likeness (QED) is 0.291. The largest absolute Gasteiger partial charge is 0.324 e. The molecule has 1 N–H and O–H groups in total. The van der Waals surface area contributed by atoms with Crippen molar-refractivity contribution in [3.05, 3.63) is 43.5 Å². The van der Waals surface area contributed by atoms with E-state index in [9.17, 15) is 4.79 Å². The summed E-state index contributed by atoms with van der Waals surface area (Å²) in [5.74, 6) is 0.746. The Kier molecular flexibility index (Phi) is 7.51. The maximum atomic E-state index is 12.4. The number of hydrogen-bond donors (Lipinski definition) is 1. The lowest BCUT2D eigenvalue weighted by Crippen LogP contribution is -2.15. The summed E-state index contributed by atoms with van der Waals surface area (Å²) in [6.07, 6.45) is 0.986. The number of thiophene rings is 1. The normalized spacial score (nSPS) is 11.3. The number of aryl methyl sites for hydroxylation is 1. The number of carbonyl (C=O) groups excluding carboxylic acids is 1. The van der Waals surface area contributed by atoms with Crippen molar-refractivity contribution in [3.8, 4) is 11.4 Å². The van der Waals surface area contributed by atoms with Gasteiger partial charge >= 0.3 is 0 Å². The fraction of sp³-hybridized carbons (Fsp3) is 0.316. The molecule has 3 rings (SSSR count). The van der Waals surface area contributed by atoms with Gasteiger partial charge in [0.1, 0.15) is 0 Å². The summed E-state index contributed by atoms with van der Waals surface area (Å²) in [6.45, 7) is 6.27. The van der Waals surface area contributed by atoms with Crippen LogP contribution >= 0.6 is 57.9 Å². The summed E-state index contributed by atoms with van der Waals surface area (Å²) in [4.78, 5) is 13.7. The molecule has 0 atom stereocenters. The molecule has 0 saturated heterocycles. The average molecular weight is 490 g/mol. The number of anilines is 1. The van der Waals surface area contributed by atoms with Gasteiger partial charge < -0.3 is 5.32 Å². The second-order valence-corrected chi connectivity index (χ2v) is 9.67. The molecule has 0 saturated carbocycles. The topological polar surface area (TPSA) is 59.8 Å². The van der Waals surface area contributed by atoms with Gasteiger partial charge in [-0.3, -0.25) is 9.36 Å². The second-order valence-electron chi connectivity index (χ2n) is 6.51. The third-order valence-corrected chi connectivity index (χ3v) is 7.12. The Hall–Kier alpha value is -1.25. The van der Waals surface area contributed by atoms with Crippen LogP contribution in [0.25, 0.3) is 11.4 Å². The van der Waals surface area contributed by atoms with E-state index in [0.717, 1.165) is 17.8 Å². The average Bonchev–Trinajstić information content (AvgIpc) is 3.30. The van der Waals surface area contributed by atoms with Gasteiger partial charge in [-0.2, -0.15) is 0 Å². The number of amides is 1. The van der Waals surface area contributed by atoms with Crippen LogP contribution in [0.4, 0.5) is 5.69 Å². The van der Waals surface area contributed by atoms with Crippen LogP contribution in [0, 0.1) is 0 Å². The number of aromatic nitrogens is 3. The minimum absolute atomic E-state index is 0.153. The molecular formula is C19H19Cl3N4OS2. The standard InChI is InChI=1S/C19H19Cl3N4OS2/c1-4-12-5-11(8-28-12)18-24-25-19(26(18)10(2)3)29-9-17(27)23-16-7-14(21)13(20)6-15(16)22/h5-8,10H,4,9H2,1-3H3,(H,23,27). The molecule has 0 unspecified atom stereocenters. The molecule has 10 heteroatoms. The molecular weight excluding hydrogens is 471 g/mol.